The minimum absolute atomic E-state index is 0.164. The first-order valence-electron chi connectivity index (χ1n) is 8.59. The molecule has 126 valence electrons. The molecular weight excluding hydrogens is 310 g/mol. The monoisotopic (exact) mass is 335 g/mol. The van der Waals surface area contributed by atoms with Gasteiger partial charge in [0.25, 0.3) is 0 Å². The van der Waals surface area contributed by atoms with E-state index in [0.717, 1.165) is 30.6 Å². The van der Waals surface area contributed by atoms with Gasteiger partial charge < -0.3 is 10.0 Å². The molecule has 3 rings (SSSR count). The second-order valence-electron chi connectivity index (χ2n) is 7.21. The molecule has 1 saturated heterocycles. The van der Waals surface area contributed by atoms with Gasteiger partial charge in [-0.25, -0.2) is 0 Å². The van der Waals surface area contributed by atoms with Crippen LogP contribution in [0.2, 0.25) is 0 Å². The van der Waals surface area contributed by atoms with Crippen molar-refractivity contribution in [3.8, 4) is 0 Å². The van der Waals surface area contributed by atoms with Gasteiger partial charge in [0.1, 0.15) is 0 Å². The number of hydrogen-bond donors (Lipinski definition) is 1. The molecule has 1 N–H and O–H groups in total. The number of carbonyl (C=O) groups excluding carboxylic acids is 1. The highest BCUT2D eigenvalue weighted by atomic mass is 32.1. The highest BCUT2D eigenvalue weighted by molar-refractivity contribution is 7.10. The summed E-state index contributed by atoms with van der Waals surface area (Å²) in [6.45, 7) is 3.11. The largest absolute Gasteiger partial charge is 0.481 e. The third-order valence-electron chi connectivity index (χ3n) is 5.41. The first-order chi connectivity index (χ1) is 11.0. The molecule has 2 atom stereocenters. The van der Waals surface area contributed by atoms with E-state index in [-0.39, 0.29) is 11.8 Å². The molecule has 1 aliphatic carbocycles. The van der Waals surface area contributed by atoms with Crippen molar-refractivity contribution in [2.24, 2.45) is 11.8 Å². The van der Waals surface area contributed by atoms with Gasteiger partial charge in [0.15, 0.2) is 0 Å². The summed E-state index contributed by atoms with van der Waals surface area (Å²) in [6.07, 6.45) is 5.81. The Hall–Kier alpha value is -1.36. The van der Waals surface area contributed by atoms with Crippen LogP contribution in [0.5, 0.6) is 0 Å². The van der Waals surface area contributed by atoms with Gasteiger partial charge in [0.2, 0.25) is 5.91 Å². The lowest BCUT2D eigenvalue weighted by molar-refractivity contribution is -0.149. The molecule has 0 aromatic carbocycles. The predicted molar refractivity (Wildman–Crippen MR) is 90.6 cm³/mol. The fourth-order valence-corrected chi connectivity index (χ4v) is 5.25. The molecule has 2 unspecified atom stereocenters. The molecule has 23 heavy (non-hydrogen) atoms. The van der Waals surface area contributed by atoms with Crippen LogP contribution < -0.4 is 0 Å². The molecule has 0 bridgehead atoms. The Morgan fingerprint density at radius 3 is 2.61 bits per heavy atom. The van der Waals surface area contributed by atoms with Crippen LogP contribution in [0.25, 0.3) is 0 Å². The first-order valence-corrected chi connectivity index (χ1v) is 9.47. The van der Waals surface area contributed by atoms with Crippen LogP contribution in [0, 0.1) is 11.8 Å². The summed E-state index contributed by atoms with van der Waals surface area (Å²) in [7, 11) is 0. The molecule has 5 heteroatoms. The van der Waals surface area contributed by atoms with Crippen molar-refractivity contribution in [1.29, 1.82) is 0 Å². The van der Waals surface area contributed by atoms with Crippen molar-refractivity contribution in [2.75, 3.05) is 13.1 Å². The molecule has 0 spiro atoms. The zero-order chi connectivity index (χ0) is 16.4. The fourth-order valence-electron chi connectivity index (χ4n) is 4.27. The SMILES string of the molecule is CC1CC(C(=O)O)CN(C(=O)C2(c3cccs3)CCCCC2)C1. The molecular formula is C18H25NO3S. The number of likely N-dealkylation sites (tertiary alicyclic amines) is 1. The molecule has 1 aromatic rings. The lowest BCUT2D eigenvalue weighted by Gasteiger charge is -2.43. The summed E-state index contributed by atoms with van der Waals surface area (Å²) in [4.78, 5) is 27.8. The van der Waals surface area contributed by atoms with Crippen LogP contribution in [0.15, 0.2) is 17.5 Å². The van der Waals surface area contributed by atoms with E-state index in [0.29, 0.717) is 19.5 Å². The smallest absolute Gasteiger partial charge is 0.308 e. The zero-order valence-electron chi connectivity index (χ0n) is 13.7. The lowest BCUT2D eigenvalue weighted by atomic mass is 9.71. The summed E-state index contributed by atoms with van der Waals surface area (Å²) in [6, 6.07) is 4.10. The van der Waals surface area contributed by atoms with Gasteiger partial charge >= 0.3 is 5.97 Å². The van der Waals surface area contributed by atoms with Crippen LogP contribution in [0.3, 0.4) is 0 Å². The summed E-state index contributed by atoms with van der Waals surface area (Å²) < 4.78 is 0. The number of hydrogen-bond acceptors (Lipinski definition) is 3. The van der Waals surface area contributed by atoms with E-state index < -0.39 is 17.3 Å². The Balaban J connectivity index is 1.87. The number of thiophene rings is 1. The maximum atomic E-state index is 13.4. The Labute approximate surface area is 141 Å². The third-order valence-corrected chi connectivity index (χ3v) is 6.48. The van der Waals surface area contributed by atoms with Gasteiger partial charge in [-0.2, -0.15) is 0 Å². The average Bonchev–Trinajstić information content (AvgIpc) is 3.09. The van der Waals surface area contributed by atoms with E-state index in [1.807, 2.05) is 23.3 Å². The van der Waals surface area contributed by atoms with Crippen LogP contribution >= 0.6 is 11.3 Å². The maximum absolute atomic E-state index is 13.4. The number of rotatable bonds is 3. The Morgan fingerprint density at radius 1 is 1.26 bits per heavy atom. The van der Waals surface area contributed by atoms with Gasteiger partial charge in [-0.15, -0.1) is 11.3 Å². The molecule has 1 amide bonds. The second kappa shape index (κ2) is 6.63. The van der Waals surface area contributed by atoms with Crippen molar-refractivity contribution < 1.29 is 14.7 Å². The highest BCUT2D eigenvalue weighted by Crippen LogP contribution is 2.43. The molecule has 2 aliphatic rings. The fraction of sp³-hybridized carbons (Fsp3) is 0.667. The topological polar surface area (TPSA) is 57.6 Å². The number of carbonyl (C=O) groups is 2. The summed E-state index contributed by atoms with van der Waals surface area (Å²) in [5.74, 6) is -0.787. The molecule has 2 heterocycles. The van der Waals surface area contributed by atoms with Crippen molar-refractivity contribution in [2.45, 2.75) is 50.9 Å². The minimum atomic E-state index is -0.775. The van der Waals surface area contributed by atoms with Gasteiger partial charge in [0.05, 0.1) is 11.3 Å². The van der Waals surface area contributed by atoms with Crippen molar-refractivity contribution in [3.63, 3.8) is 0 Å². The average molecular weight is 335 g/mol. The van der Waals surface area contributed by atoms with Crippen LogP contribution in [-0.4, -0.2) is 35.0 Å². The lowest BCUT2D eigenvalue weighted by Crippen LogP contribution is -2.53. The standard InChI is InChI=1S/C18H25NO3S/c1-13-10-14(16(20)21)12-19(11-13)17(22)18(7-3-2-4-8-18)15-6-5-9-23-15/h5-6,9,13-14H,2-4,7-8,10-12H2,1H3,(H,20,21). The minimum Gasteiger partial charge on any atom is -0.481 e. The first kappa shape index (κ1) is 16.5. The van der Waals surface area contributed by atoms with Crippen LogP contribution in [0.1, 0.15) is 50.3 Å². The van der Waals surface area contributed by atoms with Gasteiger partial charge in [-0.3, -0.25) is 9.59 Å². The highest BCUT2D eigenvalue weighted by Gasteiger charge is 2.46. The Morgan fingerprint density at radius 2 is 2.00 bits per heavy atom. The molecule has 0 radical (unpaired) electrons. The number of carboxylic acid groups (broad SMARTS) is 1. The molecule has 2 fully saturated rings. The van der Waals surface area contributed by atoms with Crippen LogP contribution in [-0.2, 0) is 15.0 Å². The second-order valence-corrected chi connectivity index (χ2v) is 8.15. The molecule has 1 aliphatic heterocycles. The number of carboxylic acids is 1. The van der Waals surface area contributed by atoms with Crippen molar-refractivity contribution in [1.82, 2.24) is 4.90 Å². The Kier molecular flexibility index (Phi) is 4.76. The molecule has 4 nitrogen and oxygen atoms in total. The van der Waals surface area contributed by atoms with E-state index in [1.54, 1.807) is 11.3 Å². The van der Waals surface area contributed by atoms with E-state index >= 15 is 0 Å². The number of amides is 1. The summed E-state index contributed by atoms with van der Waals surface area (Å²) in [5, 5.41) is 11.4. The van der Waals surface area contributed by atoms with E-state index in [2.05, 4.69) is 6.07 Å². The quantitative estimate of drug-likeness (QED) is 0.919. The van der Waals surface area contributed by atoms with Gasteiger partial charge in [-0.05, 0) is 36.6 Å². The zero-order valence-corrected chi connectivity index (χ0v) is 14.5. The molecule has 1 aromatic heterocycles. The third kappa shape index (κ3) is 3.16. The van der Waals surface area contributed by atoms with Crippen molar-refractivity contribution in [3.05, 3.63) is 22.4 Å². The maximum Gasteiger partial charge on any atom is 0.308 e. The van der Waals surface area contributed by atoms with Crippen LogP contribution in [0.4, 0.5) is 0 Å². The molecule has 1 saturated carbocycles. The number of piperidine rings is 1. The Bertz CT molecular complexity index is 563. The number of aliphatic carboxylic acids is 1. The summed E-state index contributed by atoms with van der Waals surface area (Å²) >= 11 is 1.66. The summed E-state index contributed by atoms with van der Waals surface area (Å²) in [5.41, 5.74) is -0.410. The van der Waals surface area contributed by atoms with E-state index in [1.165, 1.54) is 6.42 Å². The van der Waals surface area contributed by atoms with E-state index in [4.69, 9.17) is 0 Å². The number of nitrogens with zero attached hydrogens (tertiary/aromatic N) is 1. The van der Waals surface area contributed by atoms with E-state index in [9.17, 15) is 14.7 Å². The van der Waals surface area contributed by atoms with Gasteiger partial charge in [0, 0.05) is 18.0 Å². The predicted octanol–water partition coefficient (Wildman–Crippen LogP) is 3.52. The normalized spacial score (nSPS) is 27.6. The van der Waals surface area contributed by atoms with Crippen molar-refractivity contribution >= 4 is 23.2 Å². The van der Waals surface area contributed by atoms with Gasteiger partial charge in [-0.1, -0.05) is 32.3 Å².